The van der Waals surface area contributed by atoms with Gasteiger partial charge in [-0.2, -0.15) is 0 Å². The van der Waals surface area contributed by atoms with Crippen molar-refractivity contribution in [2.24, 2.45) is 5.41 Å². The van der Waals surface area contributed by atoms with Crippen molar-refractivity contribution in [3.05, 3.63) is 0 Å². The number of halogens is 1. The van der Waals surface area contributed by atoms with Crippen molar-refractivity contribution in [2.75, 3.05) is 38.7 Å². The standard InChI is InChI=1S/C10H18ClNO/c11-4-7-12-5-1-10(2-6-12)3-8-13-9-10/h1-9H2. The second-order valence-electron chi connectivity index (χ2n) is 4.33. The Morgan fingerprint density at radius 2 is 2.00 bits per heavy atom. The van der Waals surface area contributed by atoms with E-state index in [0.717, 1.165) is 25.6 Å². The Labute approximate surface area is 85.2 Å². The molecule has 0 saturated carbocycles. The molecule has 0 aromatic rings. The van der Waals surface area contributed by atoms with Crippen molar-refractivity contribution in [1.82, 2.24) is 4.90 Å². The summed E-state index contributed by atoms with van der Waals surface area (Å²) in [5.74, 6) is 0.767. The number of hydrogen-bond acceptors (Lipinski definition) is 2. The zero-order valence-corrected chi connectivity index (χ0v) is 8.85. The van der Waals surface area contributed by atoms with Crippen molar-refractivity contribution in [3.63, 3.8) is 0 Å². The Kier molecular flexibility index (Phi) is 3.12. The zero-order chi connectivity index (χ0) is 9.15. The van der Waals surface area contributed by atoms with E-state index in [1.165, 1.54) is 32.4 Å². The van der Waals surface area contributed by atoms with E-state index in [1.807, 2.05) is 0 Å². The van der Waals surface area contributed by atoms with Gasteiger partial charge in [0.15, 0.2) is 0 Å². The summed E-state index contributed by atoms with van der Waals surface area (Å²) in [6.45, 7) is 5.47. The molecule has 2 fully saturated rings. The van der Waals surface area contributed by atoms with Crippen LogP contribution in [-0.4, -0.2) is 43.6 Å². The highest BCUT2D eigenvalue weighted by molar-refractivity contribution is 6.18. The lowest BCUT2D eigenvalue weighted by Gasteiger charge is -2.38. The lowest BCUT2D eigenvalue weighted by molar-refractivity contribution is 0.0836. The molecule has 2 rings (SSSR count). The van der Waals surface area contributed by atoms with Gasteiger partial charge in [0.25, 0.3) is 0 Å². The first kappa shape index (κ1) is 9.75. The molecule has 13 heavy (non-hydrogen) atoms. The molecule has 0 amide bonds. The third-order valence-corrected chi connectivity index (χ3v) is 3.67. The van der Waals surface area contributed by atoms with E-state index < -0.39 is 0 Å². The average molecular weight is 204 g/mol. The lowest BCUT2D eigenvalue weighted by Crippen LogP contribution is -2.41. The topological polar surface area (TPSA) is 12.5 Å². The minimum absolute atomic E-state index is 0.544. The van der Waals surface area contributed by atoms with Gasteiger partial charge < -0.3 is 9.64 Å². The Balaban J connectivity index is 1.81. The first-order chi connectivity index (χ1) is 6.35. The highest BCUT2D eigenvalue weighted by Crippen LogP contribution is 2.38. The van der Waals surface area contributed by atoms with Crippen LogP contribution in [0.3, 0.4) is 0 Å². The molecule has 0 aromatic carbocycles. The van der Waals surface area contributed by atoms with Crippen molar-refractivity contribution >= 4 is 11.6 Å². The number of likely N-dealkylation sites (tertiary alicyclic amines) is 1. The number of rotatable bonds is 2. The van der Waals surface area contributed by atoms with Crippen LogP contribution in [0.2, 0.25) is 0 Å². The summed E-state index contributed by atoms with van der Waals surface area (Å²) in [5, 5.41) is 0. The largest absolute Gasteiger partial charge is 0.381 e. The zero-order valence-electron chi connectivity index (χ0n) is 8.10. The predicted octanol–water partition coefficient (Wildman–Crippen LogP) is 1.73. The van der Waals surface area contributed by atoms with Gasteiger partial charge in [0, 0.05) is 19.0 Å². The molecule has 0 N–H and O–H groups in total. The molecule has 1 spiro atoms. The van der Waals surface area contributed by atoms with Crippen LogP contribution in [0.15, 0.2) is 0 Å². The van der Waals surface area contributed by atoms with Gasteiger partial charge >= 0.3 is 0 Å². The van der Waals surface area contributed by atoms with E-state index >= 15 is 0 Å². The molecule has 2 heterocycles. The Hall–Kier alpha value is 0.210. The first-order valence-corrected chi connectivity index (χ1v) is 5.74. The normalized spacial score (nSPS) is 28.4. The smallest absolute Gasteiger partial charge is 0.0524 e. The summed E-state index contributed by atoms with van der Waals surface area (Å²) in [7, 11) is 0. The molecule has 0 unspecified atom stereocenters. The molecule has 2 saturated heterocycles. The molecule has 0 atom stereocenters. The molecule has 3 heteroatoms. The number of ether oxygens (including phenoxy) is 1. The first-order valence-electron chi connectivity index (χ1n) is 5.21. The van der Waals surface area contributed by atoms with Gasteiger partial charge in [-0.25, -0.2) is 0 Å². The fraction of sp³-hybridized carbons (Fsp3) is 1.00. The van der Waals surface area contributed by atoms with Crippen LogP contribution in [0.1, 0.15) is 19.3 Å². The molecule has 2 aliphatic rings. The van der Waals surface area contributed by atoms with Crippen LogP contribution >= 0.6 is 11.6 Å². The predicted molar refractivity (Wildman–Crippen MR) is 54.3 cm³/mol. The summed E-state index contributed by atoms with van der Waals surface area (Å²) >= 11 is 5.72. The number of hydrogen-bond donors (Lipinski definition) is 0. The minimum atomic E-state index is 0.544. The number of alkyl halides is 1. The van der Waals surface area contributed by atoms with E-state index in [9.17, 15) is 0 Å². The van der Waals surface area contributed by atoms with E-state index in [2.05, 4.69) is 4.90 Å². The molecule has 0 radical (unpaired) electrons. The van der Waals surface area contributed by atoms with Crippen LogP contribution in [0.5, 0.6) is 0 Å². The van der Waals surface area contributed by atoms with Gasteiger partial charge in [-0.1, -0.05) is 0 Å². The van der Waals surface area contributed by atoms with Crippen molar-refractivity contribution in [3.8, 4) is 0 Å². The summed E-state index contributed by atoms with van der Waals surface area (Å²) in [4.78, 5) is 2.47. The molecule has 0 aromatic heterocycles. The Bertz CT molecular complexity index is 158. The van der Waals surface area contributed by atoms with Crippen molar-refractivity contribution < 1.29 is 4.74 Å². The SMILES string of the molecule is ClCCN1CCC2(CCOC2)CC1. The van der Waals surface area contributed by atoms with Gasteiger partial charge in [-0.05, 0) is 37.8 Å². The van der Waals surface area contributed by atoms with E-state index in [1.54, 1.807) is 0 Å². The molecule has 0 aliphatic carbocycles. The van der Waals surface area contributed by atoms with Gasteiger partial charge in [-0.3, -0.25) is 0 Å². The second-order valence-corrected chi connectivity index (χ2v) is 4.71. The third kappa shape index (κ3) is 2.17. The van der Waals surface area contributed by atoms with Crippen LogP contribution in [-0.2, 0) is 4.74 Å². The maximum Gasteiger partial charge on any atom is 0.0524 e. The monoisotopic (exact) mass is 203 g/mol. The van der Waals surface area contributed by atoms with E-state index in [-0.39, 0.29) is 0 Å². The van der Waals surface area contributed by atoms with Crippen LogP contribution < -0.4 is 0 Å². The van der Waals surface area contributed by atoms with Gasteiger partial charge in [0.2, 0.25) is 0 Å². The minimum Gasteiger partial charge on any atom is -0.381 e. The maximum absolute atomic E-state index is 5.72. The molecule has 2 nitrogen and oxygen atoms in total. The van der Waals surface area contributed by atoms with Crippen LogP contribution in [0, 0.1) is 5.41 Å². The van der Waals surface area contributed by atoms with Gasteiger partial charge in [-0.15, -0.1) is 11.6 Å². The summed E-state index contributed by atoms with van der Waals surface area (Å²) < 4.78 is 5.49. The summed E-state index contributed by atoms with van der Waals surface area (Å²) in [6, 6.07) is 0. The fourth-order valence-corrected chi connectivity index (χ4v) is 2.65. The fourth-order valence-electron chi connectivity index (χ4n) is 2.41. The van der Waals surface area contributed by atoms with Crippen molar-refractivity contribution in [2.45, 2.75) is 19.3 Å². The van der Waals surface area contributed by atoms with E-state index in [0.29, 0.717) is 5.41 Å². The Morgan fingerprint density at radius 3 is 2.54 bits per heavy atom. The highest BCUT2D eigenvalue weighted by Gasteiger charge is 2.37. The number of nitrogens with zero attached hydrogens (tertiary/aromatic N) is 1. The third-order valence-electron chi connectivity index (χ3n) is 3.50. The number of piperidine rings is 1. The summed E-state index contributed by atoms with van der Waals surface area (Å²) in [6.07, 6.45) is 3.90. The average Bonchev–Trinajstić information content (AvgIpc) is 2.59. The maximum atomic E-state index is 5.72. The summed E-state index contributed by atoms with van der Waals surface area (Å²) in [5.41, 5.74) is 0.544. The van der Waals surface area contributed by atoms with Crippen LogP contribution in [0.25, 0.3) is 0 Å². The lowest BCUT2D eigenvalue weighted by atomic mass is 9.78. The second kappa shape index (κ2) is 4.16. The molecular weight excluding hydrogens is 186 g/mol. The molecular formula is C10H18ClNO. The molecule has 2 aliphatic heterocycles. The molecule has 0 bridgehead atoms. The Morgan fingerprint density at radius 1 is 1.23 bits per heavy atom. The van der Waals surface area contributed by atoms with Crippen molar-refractivity contribution in [1.29, 1.82) is 0 Å². The quantitative estimate of drug-likeness (QED) is 0.634. The van der Waals surface area contributed by atoms with Crippen LogP contribution in [0.4, 0.5) is 0 Å². The van der Waals surface area contributed by atoms with Gasteiger partial charge in [0.05, 0.1) is 6.61 Å². The molecule has 76 valence electrons. The highest BCUT2D eigenvalue weighted by atomic mass is 35.5. The van der Waals surface area contributed by atoms with Gasteiger partial charge in [0.1, 0.15) is 0 Å². The van der Waals surface area contributed by atoms with E-state index in [4.69, 9.17) is 16.3 Å².